The van der Waals surface area contributed by atoms with E-state index in [1.165, 1.54) is 16.2 Å². The van der Waals surface area contributed by atoms with Gasteiger partial charge in [0.1, 0.15) is 17.6 Å². The standard InChI is InChI=1S/C26H25NO4S/c1-16(2)15-31-20-12-8-18(9-13-20)24(28)22-23(21-5-4-14-32-21)27(26(30)25(22)29)19-10-6-17(3)7-11-19/h4-14,16,23,28H,15H2,1-3H3/b24-22-. The minimum atomic E-state index is -0.693. The van der Waals surface area contributed by atoms with Gasteiger partial charge in [-0.2, -0.15) is 0 Å². The molecule has 5 nitrogen and oxygen atoms in total. The number of hydrogen-bond donors (Lipinski definition) is 1. The van der Waals surface area contributed by atoms with Crippen molar-refractivity contribution in [2.75, 3.05) is 11.5 Å². The first-order valence-corrected chi connectivity index (χ1v) is 11.4. The lowest BCUT2D eigenvalue weighted by atomic mass is 9.99. The van der Waals surface area contributed by atoms with E-state index in [1.807, 2.05) is 48.7 Å². The van der Waals surface area contributed by atoms with Gasteiger partial charge in [0.2, 0.25) is 0 Å². The summed E-state index contributed by atoms with van der Waals surface area (Å²) < 4.78 is 5.71. The van der Waals surface area contributed by atoms with Crippen LogP contribution in [0.3, 0.4) is 0 Å². The summed E-state index contributed by atoms with van der Waals surface area (Å²) in [6.07, 6.45) is 0. The number of aliphatic hydroxyl groups is 1. The summed E-state index contributed by atoms with van der Waals surface area (Å²) in [5.41, 5.74) is 2.23. The molecule has 1 aromatic heterocycles. The number of aliphatic hydroxyl groups excluding tert-OH is 1. The normalized spacial score (nSPS) is 17.9. The molecule has 0 saturated carbocycles. The minimum Gasteiger partial charge on any atom is -0.507 e. The van der Waals surface area contributed by atoms with Crippen molar-refractivity contribution in [3.63, 3.8) is 0 Å². The fourth-order valence-corrected chi connectivity index (χ4v) is 4.47. The zero-order valence-electron chi connectivity index (χ0n) is 18.2. The maximum Gasteiger partial charge on any atom is 0.300 e. The van der Waals surface area contributed by atoms with Crippen LogP contribution in [0.25, 0.3) is 5.76 Å². The van der Waals surface area contributed by atoms with E-state index in [0.29, 0.717) is 29.5 Å². The fourth-order valence-electron chi connectivity index (χ4n) is 3.65. The zero-order valence-corrected chi connectivity index (χ0v) is 19.1. The van der Waals surface area contributed by atoms with E-state index in [2.05, 4.69) is 13.8 Å². The van der Waals surface area contributed by atoms with Gasteiger partial charge in [-0.25, -0.2) is 0 Å². The maximum absolute atomic E-state index is 13.1. The highest BCUT2D eigenvalue weighted by molar-refractivity contribution is 7.10. The van der Waals surface area contributed by atoms with Crippen molar-refractivity contribution in [3.05, 3.63) is 87.6 Å². The van der Waals surface area contributed by atoms with E-state index < -0.39 is 17.7 Å². The lowest BCUT2D eigenvalue weighted by Crippen LogP contribution is -2.29. The van der Waals surface area contributed by atoms with Crippen molar-refractivity contribution in [2.45, 2.75) is 26.8 Å². The summed E-state index contributed by atoms with van der Waals surface area (Å²) in [6, 6.07) is 17.4. The van der Waals surface area contributed by atoms with Gasteiger partial charge in [0.25, 0.3) is 11.7 Å². The third-order valence-corrected chi connectivity index (χ3v) is 6.21. The smallest absolute Gasteiger partial charge is 0.300 e. The average molecular weight is 448 g/mol. The number of amides is 1. The highest BCUT2D eigenvalue weighted by Crippen LogP contribution is 2.43. The molecule has 0 radical (unpaired) electrons. The number of rotatable bonds is 6. The van der Waals surface area contributed by atoms with E-state index >= 15 is 0 Å². The molecule has 1 aliphatic rings. The van der Waals surface area contributed by atoms with Crippen LogP contribution in [-0.4, -0.2) is 23.4 Å². The van der Waals surface area contributed by atoms with Gasteiger partial charge in [-0.05, 0) is 60.7 Å². The molecule has 0 aliphatic carbocycles. The van der Waals surface area contributed by atoms with Crippen LogP contribution in [0.2, 0.25) is 0 Å². The lowest BCUT2D eigenvalue weighted by molar-refractivity contribution is -0.132. The molecule has 1 aliphatic heterocycles. The Morgan fingerprint density at radius 3 is 2.34 bits per heavy atom. The molecule has 1 atom stereocenters. The quantitative estimate of drug-likeness (QED) is 0.298. The van der Waals surface area contributed by atoms with Gasteiger partial charge in [0.05, 0.1) is 12.2 Å². The number of nitrogens with zero attached hydrogens (tertiary/aromatic N) is 1. The molecule has 0 bridgehead atoms. The van der Waals surface area contributed by atoms with Crippen LogP contribution in [0.15, 0.2) is 71.6 Å². The Hall–Kier alpha value is -3.38. The second-order valence-corrected chi connectivity index (χ2v) is 9.23. The molecule has 164 valence electrons. The lowest BCUT2D eigenvalue weighted by Gasteiger charge is -2.24. The van der Waals surface area contributed by atoms with Gasteiger partial charge < -0.3 is 9.84 Å². The Morgan fingerprint density at radius 2 is 1.75 bits per heavy atom. The monoisotopic (exact) mass is 447 g/mol. The summed E-state index contributed by atoms with van der Waals surface area (Å²) in [5, 5.41) is 13.0. The first-order chi connectivity index (χ1) is 15.4. The van der Waals surface area contributed by atoms with Gasteiger partial charge in [-0.3, -0.25) is 14.5 Å². The molecule has 2 heterocycles. The summed E-state index contributed by atoms with van der Waals surface area (Å²) in [6.45, 7) is 6.68. The summed E-state index contributed by atoms with van der Waals surface area (Å²) in [7, 11) is 0. The number of ether oxygens (including phenoxy) is 1. The number of aryl methyl sites for hydroxylation is 1. The molecule has 1 N–H and O–H groups in total. The third kappa shape index (κ3) is 4.18. The Labute approximate surface area is 191 Å². The van der Waals surface area contributed by atoms with Gasteiger partial charge in [-0.15, -0.1) is 11.3 Å². The van der Waals surface area contributed by atoms with E-state index in [4.69, 9.17) is 4.74 Å². The van der Waals surface area contributed by atoms with Crippen LogP contribution in [0.1, 0.15) is 35.9 Å². The molecule has 6 heteroatoms. The SMILES string of the molecule is Cc1ccc(N2C(=O)C(=O)/C(=C(\O)c3ccc(OCC(C)C)cc3)C2c2cccs2)cc1. The molecule has 1 saturated heterocycles. The number of anilines is 1. The molecule has 2 aromatic carbocycles. The molecule has 0 spiro atoms. The summed E-state index contributed by atoms with van der Waals surface area (Å²) >= 11 is 1.44. The van der Waals surface area contributed by atoms with Crippen LogP contribution in [-0.2, 0) is 9.59 Å². The number of ketones is 1. The fraction of sp³-hybridized carbons (Fsp3) is 0.231. The highest BCUT2D eigenvalue weighted by atomic mass is 32.1. The number of carbonyl (C=O) groups excluding carboxylic acids is 2. The van der Waals surface area contributed by atoms with Gasteiger partial charge >= 0.3 is 0 Å². The molecule has 1 fully saturated rings. The van der Waals surface area contributed by atoms with E-state index in [-0.39, 0.29) is 11.3 Å². The molecule has 1 amide bonds. The Balaban J connectivity index is 1.77. The van der Waals surface area contributed by atoms with Crippen molar-refractivity contribution in [3.8, 4) is 5.75 Å². The van der Waals surface area contributed by atoms with Gasteiger partial charge in [0.15, 0.2) is 0 Å². The van der Waals surface area contributed by atoms with Gasteiger partial charge in [0, 0.05) is 16.1 Å². The molecule has 1 unspecified atom stereocenters. The third-order valence-electron chi connectivity index (χ3n) is 5.28. The Kier molecular flexibility index (Phi) is 6.15. The second kappa shape index (κ2) is 9.01. The predicted molar refractivity (Wildman–Crippen MR) is 127 cm³/mol. The van der Waals surface area contributed by atoms with Crippen molar-refractivity contribution < 1.29 is 19.4 Å². The largest absolute Gasteiger partial charge is 0.507 e. The van der Waals surface area contributed by atoms with Crippen molar-refractivity contribution >= 4 is 34.5 Å². The second-order valence-electron chi connectivity index (χ2n) is 8.25. The molecule has 3 aromatic rings. The number of carbonyl (C=O) groups is 2. The van der Waals surface area contributed by atoms with Crippen LogP contribution >= 0.6 is 11.3 Å². The number of benzene rings is 2. The molecule has 4 rings (SSSR count). The van der Waals surface area contributed by atoms with E-state index in [9.17, 15) is 14.7 Å². The topological polar surface area (TPSA) is 66.8 Å². The first kappa shape index (κ1) is 21.8. The van der Waals surface area contributed by atoms with Crippen LogP contribution in [0, 0.1) is 12.8 Å². The van der Waals surface area contributed by atoms with Crippen LogP contribution in [0.5, 0.6) is 5.75 Å². The number of hydrogen-bond acceptors (Lipinski definition) is 5. The summed E-state index contributed by atoms with van der Waals surface area (Å²) in [5.74, 6) is -0.448. The van der Waals surface area contributed by atoms with E-state index in [0.717, 1.165) is 10.4 Å². The predicted octanol–water partition coefficient (Wildman–Crippen LogP) is 5.72. The number of Topliss-reactive ketones (excluding diaryl/α,β-unsaturated/α-hetero) is 1. The Morgan fingerprint density at radius 1 is 1.06 bits per heavy atom. The van der Waals surface area contributed by atoms with Crippen molar-refractivity contribution in [2.24, 2.45) is 5.92 Å². The summed E-state index contributed by atoms with van der Waals surface area (Å²) in [4.78, 5) is 28.4. The number of thiophene rings is 1. The average Bonchev–Trinajstić information content (AvgIpc) is 3.40. The van der Waals surface area contributed by atoms with Crippen molar-refractivity contribution in [1.29, 1.82) is 0 Å². The zero-order chi connectivity index (χ0) is 22.8. The highest BCUT2D eigenvalue weighted by Gasteiger charge is 2.47. The maximum atomic E-state index is 13.1. The molecular formula is C26H25NO4S. The van der Waals surface area contributed by atoms with Gasteiger partial charge in [-0.1, -0.05) is 37.6 Å². The molecular weight excluding hydrogens is 422 g/mol. The molecule has 32 heavy (non-hydrogen) atoms. The first-order valence-electron chi connectivity index (χ1n) is 10.5. The van der Waals surface area contributed by atoms with E-state index in [1.54, 1.807) is 24.3 Å². The minimum absolute atomic E-state index is 0.0915. The Bertz CT molecular complexity index is 1150. The van der Waals surface area contributed by atoms with Crippen LogP contribution in [0.4, 0.5) is 5.69 Å². The van der Waals surface area contributed by atoms with Crippen LogP contribution < -0.4 is 9.64 Å². The van der Waals surface area contributed by atoms with Crippen molar-refractivity contribution in [1.82, 2.24) is 0 Å².